The van der Waals surface area contributed by atoms with E-state index in [1.807, 2.05) is 18.4 Å². The highest BCUT2D eigenvalue weighted by Crippen LogP contribution is 2.29. The summed E-state index contributed by atoms with van der Waals surface area (Å²) in [7, 11) is 3.43. The standard InChI is InChI=1S/C15H24N2O2S2/c1-18-10-5-8-17(9-11-19-2)12-6-4-7-13(21-3)14(12)15(16)20/h4,6-7H,5,8-11H2,1-3H3,(H2,16,20). The predicted octanol–water partition coefficient (Wildman–Crippen LogP) is 2.53. The summed E-state index contributed by atoms with van der Waals surface area (Å²) in [5, 5.41) is 0. The molecule has 0 aliphatic rings. The Balaban J connectivity index is 3.06. The summed E-state index contributed by atoms with van der Waals surface area (Å²) in [6, 6.07) is 6.15. The maximum atomic E-state index is 5.95. The molecule has 21 heavy (non-hydrogen) atoms. The topological polar surface area (TPSA) is 47.7 Å². The fourth-order valence-corrected chi connectivity index (χ4v) is 3.07. The predicted molar refractivity (Wildman–Crippen MR) is 94.7 cm³/mol. The first kappa shape index (κ1) is 18.2. The molecule has 0 amide bonds. The molecule has 1 aromatic rings. The third-order valence-corrected chi connectivity index (χ3v) is 4.14. The van der Waals surface area contributed by atoms with Gasteiger partial charge in [-0.1, -0.05) is 18.3 Å². The van der Waals surface area contributed by atoms with Gasteiger partial charge in [0.1, 0.15) is 4.99 Å². The molecule has 0 fully saturated rings. The van der Waals surface area contributed by atoms with Crippen molar-refractivity contribution in [3.05, 3.63) is 23.8 Å². The van der Waals surface area contributed by atoms with E-state index >= 15 is 0 Å². The molecule has 118 valence electrons. The molecule has 0 saturated heterocycles. The molecule has 0 radical (unpaired) electrons. The average Bonchev–Trinajstić information content (AvgIpc) is 2.49. The minimum Gasteiger partial charge on any atom is -0.389 e. The van der Waals surface area contributed by atoms with Crippen LogP contribution >= 0.6 is 24.0 Å². The monoisotopic (exact) mass is 328 g/mol. The Morgan fingerprint density at radius 1 is 1.24 bits per heavy atom. The number of thioether (sulfide) groups is 1. The number of rotatable bonds is 10. The zero-order valence-electron chi connectivity index (χ0n) is 12.9. The second kappa shape index (κ2) is 10.00. The van der Waals surface area contributed by atoms with Gasteiger partial charge in [0.15, 0.2) is 0 Å². The Bertz CT molecular complexity index is 455. The van der Waals surface area contributed by atoms with Gasteiger partial charge >= 0.3 is 0 Å². The molecule has 0 unspecified atom stereocenters. The summed E-state index contributed by atoms with van der Waals surface area (Å²) in [5.41, 5.74) is 7.97. The lowest BCUT2D eigenvalue weighted by Crippen LogP contribution is -2.31. The molecule has 1 aromatic carbocycles. The second-order valence-electron chi connectivity index (χ2n) is 4.54. The first-order valence-electron chi connectivity index (χ1n) is 6.85. The summed E-state index contributed by atoms with van der Waals surface area (Å²) >= 11 is 6.91. The third-order valence-electron chi connectivity index (χ3n) is 3.15. The van der Waals surface area contributed by atoms with Gasteiger partial charge in [0.2, 0.25) is 0 Å². The van der Waals surface area contributed by atoms with E-state index in [4.69, 9.17) is 27.4 Å². The van der Waals surface area contributed by atoms with Crippen molar-refractivity contribution in [1.82, 2.24) is 0 Å². The molecule has 0 bridgehead atoms. The smallest absolute Gasteiger partial charge is 0.107 e. The first-order valence-corrected chi connectivity index (χ1v) is 8.48. The Hall–Kier alpha value is -0.820. The fourth-order valence-electron chi connectivity index (χ4n) is 2.15. The van der Waals surface area contributed by atoms with E-state index in [0.717, 1.165) is 42.3 Å². The first-order chi connectivity index (χ1) is 10.2. The summed E-state index contributed by atoms with van der Waals surface area (Å²) in [6.07, 6.45) is 2.98. The minimum atomic E-state index is 0.434. The van der Waals surface area contributed by atoms with Crippen molar-refractivity contribution < 1.29 is 9.47 Å². The van der Waals surface area contributed by atoms with E-state index in [1.54, 1.807) is 26.0 Å². The van der Waals surface area contributed by atoms with Crippen molar-refractivity contribution in [2.45, 2.75) is 11.3 Å². The maximum Gasteiger partial charge on any atom is 0.107 e. The molecule has 0 atom stereocenters. The molecule has 4 nitrogen and oxygen atoms in total. The zero-order valence-corrected chi connectivity index (χ0v) is 14.6. The lowest BCUT2D eigenvalue weighted by atomic mass is 10.1. The summed E-state index contributed by atoms with van der Waals surface area (Å²) in [5.74, 6) is 0. The number of methoxy groups -OCH3 is 2. The van der Waals surface area contributed by atoms with Crippen molar-refractivity contribution in [2.24, 2.45) is 5.73 Å². The quantitative estimate of drug-likeness (QED) is 0.405. The summed E-state index contributed by atoms with van der Waals surface area (Å²) < 4.78 is 10.4. The molecule has 1 rings (SSSR count). The van der Waals surface area contributed by atoms with E-state index in [-0.39, 0.29) is 0 Å². The van der Waals surface area contributed by atoms with Crippen LogP contribution in [0.4, 0.5) is 5.69 Å². The minimum absolute atomic E-state index is 0.434. The van der Waals surface area contributed by atoms with E-state index in [0.29, 0.717) is 11.6 Å². The van der Waals surface area contributed by atoms with Gasteiger partial charge in [-0.2, -0.15) is 0 Å². The molecular formula is C15H24N2O2S2. The number of thiocarbonyl (C=S) groups is 1. The number of nitrogens with two attached hydrogens (primary N) is 1. The van der Waals surface area contributed by atoms with Gasteiger partial charge in [0, 0.05) is 50.1 Å². The highest BCUT2D eigenvalue weighted by Gasteiger charge is 2.16. The lowest BCUT2D eigenvalue weighted by Gasteiger charge is -2.27. The number of hydrogen-bond acceptors (Lipinski definition) is 5. The van der Waals surface area contributed by atoms with Gasteiger partial charge in [-0.15, -0.1) is 11.8 Å². The third kappa shape index (κ3) is 5.47. The number of ether oxygens (including phenoxy) is 2. The van der Waals surface area contributed by atoms with E-state index in [1.165, 1.54) is 0 Å². The molecule has 0 aliphatic heterocycles. The van der Waals surface area contributed by atoms with E-state index in [2.05, 4.69) is 11.0 Å². The van der Waals surface area contributed by atoms with Crippen LogP contribution < -0.4 is 10.6 Å². The van der Waals surface area contributed by atoms with Crippen LogP contribution in [-0.2, 0) is 9.47 Å². The Morgan fingerprint density at radius 3 is 2.52 bits per heavy atom. The largest absolute Gasteiger partial charge is 0.389 e. The SMILES string of the molecule is COCCCN(CCOC)c1cccc(SC)c1C(N)=S. The zero-order chi connectivity index (χ0) is 15.7. The van der Waals surface area contributed by atoms with Crippen molar-refractivity contribution in [3.8, 4) is 0 Å². The van der Waals surface area contributed by atoms with Crippen LogP contribution in [0.1, 0.15) is 12.0 Å². The van der Waals surface area contributed by atoms with Gasteiger partial charge in [-0.05, 0) is 24.8 Å². The number of benzene rings is 1. The fraction of sp³-hybridized carbons (Fsp3) is 0.533. The van der Waals surface area contributed by atoms with Crippen molar-refractivity contribution in [3.63, 3.8) is 0 Å². The summed E-state index contributed by atoms with van der Waals surface area (Å²) in [4.78, 5) is 3.80. The van der Waals surface area contributed by atoms with Crippen LogP contribution in [0.5, 0.6) is 0 Å². The number of hydrogen-bond donors (Lipinski definition) is 1. The van der Waals surface area contributed by atoms with Crippen LogP contribution in [0.3, 0.4) is 0 Å². The lowest BCUT2D eigenvalue weighted by molar-refractivity contribution is 0.191. The molecule has 0 aliphatic carbocycles. The molecular weight excluding hydrogens is 304 g/mol. The molecule has 6 heteroatoms. The Kier molecular flexibility index (Phi) is 8.68. The van der Waals surface area contributed by atoms with Crippen LogP contribution in [-0.4, -0.2) is 51.8 Å². The highest BCUT2D eigenvalue weighted by molar-refractivity contribution is 7.98. The molecule has 0 saturated carbocycles. The Labute approximate surface area is 137 Å². The van der Waals surface area contributed by atoms with Crippen LogP contribution in [0.25, 0.3) is 0 Å². The maximum absolute atomic E-state index is 5.95. The second-order valence-corrected chi connectivity index (χ2v) is 5.83. The van der Waals surface area contributed by atoms with Gasteiger partial charge in [-0.3, -0.25) is 0 Å². The van der Waals surface area contributed by atoms with Crippen molar-refractivity contribution in [2.75, 3.05) is 51.7 Å². The molecule has 0 spiro atoms. The van der Waals surface area contributed by atoms with Crippen molar-refractivity contribution >= 4 is 34.7 Å². The van der Waals surface area contributed by atoms with E-state index in [9.17, 15) is 0 Å². The van der Waals surface area contributed by atoms with Crippen LogP contribution in [0.2, 0.25) is 0 Å². The summed E-state index contributed by atoms with van der Waals surface area (Å²) in [6.45, 7) is 3.07. The van der Waals surface area contributed by atoms with Gasteiger partial charge in [0.05, 0.1) is 6.61 Å². The molecule has 0 heterocycles. The van der Waals surface area contributed by atoms with Crippen LogP contribution in [0.15, 0.2) is 23.1 Å². The van der Waals surface area contributed by atoms with Gasteiger partial charge < -0.3 is 20.1 Å². The van der Waals surface area contributed by atoms with E-state index < -0.39 is 0 Å². The van der Waals surface area contributed by atoms with Crippen molar-refractivity contribution in [1.29, 1.82) is 0 Å². The highest BCUT2D eigenvalue weighted by atomic mass is 32.2. The average molecular weight is 329 g/mol. The van der Waals surface area contributed by atoms with Gasteiger partial charge in [-0.25, -0.2) is 0 Å². The number of anilines is 1. The number of nitrogens with zero attached hydrogens (tertiary/aromatic N) is 1. The van der Waals surface area contributed by atoms with Crippen LogP contribution in [0, 0.1) is 0 Å². The Morgan fingerprint density at radius 2 is 1.95 bits per heavy atom. The normalized spacial score (nSPS) is 10.6. The molecule has 2 N–H and O–H groups in total. The van der Waals surface area contributed by atoms with Gasteiger partial charge in [0.25, 0.3) is 0 Å². The molecule has 0 aromatic heterocycles.